The van der Waals surface area contributed by atoms with Crippen LogP contribution in [0, 0.1) is 22.7 Å². The summed E-state index contributed by atoms with van der Waals surface area (Å²) in [6.45, 7) is 1.94. The van der Waals surface area contributed by atoms with E-state index in [0.29, 0.717) is 19.3 Å². The van der Waals surface area contributed by atoms with Crippen molar-refractivity contribution in [1.82, 2.24) is 0 Å². The average Bonchev–Trinajstić information content (AvgIpc) is 3.31. The van der Waals surface area contributed by atoms with Gasteiger partial charge in [-0.1, -0.05) is 6.92 Å². The van der Waals surface area contributed by atoms with Crippen LogP contribution in [0.4, 0.5) is 0 Å². The molecule has 9 heteroatoms. The van der Waals surface area contributed by atoms with Crippen LogP contribution in [-0.2, 0) is 42.9 Å². The van der Waals surface area contributed by atoms with Gasteiger partial charge in [0.1, 0.15) is 12.2 Å². The van der Waals surface area contributed by atoms with Crippen LogP contribution < -0.4 is 0 Å². The lowest BCUT2D eigenvalue weighted by atomic mass is 9.57. The third-order valence-electron chi connectivity index (χ3n) is 7.80. The molecule has 0 N–H and O–H groups in total. The minimum atomic E-state index is -1.42. The van der Waals surface area contributed by atoms with Crippen LogP contribution in [0.3, 0.4) is 0 Å². The lowest BCUT2D eigenvalue weighted by Crippen LogP contribution is -2.57. The van der Waals surface area contributed by atoms with Gasteiger partial charge in [-0.05, 0) is 19.3 Å². The molecule has 2 spiro atoms. The molecule has 6 rings (SSSR count). The fraction of sp³-hybridized carbons (Fsp3) is 0.765. The molecule has 9 atom stereocenters. The van der Waals surface area contributed by atoms with Gasteiger partial charge >= 0.3 is 17.9 Å². The number of ether oxygens (including phenoxy) is 5. The third-order valence-corrected chi connectivity index (χ3v) is 7.80. The van der Waals surface area contributed by atoms with E-state index in [4.69, 9.17) is 23.7 Å². The Morgan fingerprint density at radius 1 is 1.15 bits per heavy atom. The van der Waals surface area contributed by atoms with E-state index in [1.807, 2.05) is 0 Å². The Morgan fingerprint density at radius 2 is 1.96 bits per heavy atom. The molecule has 0 bridgehead atoms. The fourth-order valence-corrected chi connectivity index (χ4v) is 7.15. The number of rotatable bonds is 2. The normalized spacial score (nSPS) is 57.8. The van der Waals surface area contributed by atoms with Gasteiger partial charge in [-0.2, -0.15) is 0 Å². The van der Waals surface area contributed by atoms with Gasteiger partial charge in [0.05, 0.1) is 16.7 Å². The molecule has 4 saturated heterocycles. The van der Waals surface area contributed by atoms with Crippen molar-refractivity contribution >= 4 is 24.4 Å². The Hall–Kier alpha value is -2.16. The van der Waals surface area contributed by atoms with Crippen molar-refractivity contribution in [1.29, 1.82) is 0 Å². The first-order chi connectivity index (χ1) is 12.4. The first-order valence-corrected chi connectivity index (χ1v) is 8.83. The summed E-state index contributed by atoms with van der Waals surface area (Å²) < 4.78 is 28.0. The monoisotopic (exact) mass is 364 g/mol. The summed E-state index contributed by atoms with van der Waals surface area (Å²) in [5, 5.41) is 0. The van der Waals surface area contributed by atoms with Gasteiger partial charge in [0.15, 0.2) is 5.60 Å². The summed E-state index contributed by atoms with van der Waals surface area (Å²) in [7, 11) is 0. The SMILES string of the molecule is CC1C(=O)OC2CC34C5CCC36C(OC=O)C(=O)O[C@H]6OC4(C(=O)O5)C21. The Labute approximate surface area is 147 Å². The van der Waals surface area contributed by atoms with E-state index in [0.717, 1.165) is 0 Å². The number of hydrogen-bond donors (Lipinski definition) is 0. The Morgan fingerprint density at radius 3 is 2.73 bits per heavy atom. The topological polar surface area (TPSA) is 114 Å². The van der Waals surface area contributed by atoms with Crippen LogP contribution in [0.5, 0.6) is 0 Å². The Bertz CT molecular complexity index is 793. The summed E-state index contributed by atoms with van der Waals surface area (Å²) in [6, 6.07) is 0. The van der Waals surface area contributed by atoms with Crippen molar-refractivity contribution in [3.8, 4) is 0 Å². The second kappa shape index (κ2) is 4.05. The van der Waals surface area contributed by atoms with Gasteiger partial charge in [0, 0.05) is 5.92 Å². The molecule has 6 aliphatic rings. The van der Waals surface area contributed by atoms with Crippen LogP contribution in [0.1, 0.15) is 26.2 Å². The maximum absolute atomic E-state index is 13.0. The van der Waals surface area contributed by atoms with E-state index in [9.17, 15) is 19.2 Å². The van der Waals surface area contributed by atoms with E-state index >= 15 is 0 Å². The van der Waals surface area contributed by atoms with Crippen molar-refractivity contribution < 1.29 is 42.9 Å². The minimum absolute atomic E-state index is 0.225. The summed E-state index contributed by atoms with van der Waals surface area (Å²) >= 11 is 0. The highest BCUT2D eigenvalue weighted by Crippen LogP contribution is 2.81. The van der Waals surface area contributed by atoms with E-state index in [1.54, 1.807) is 6.92 Å². The molecule has 138 valence electrons. The highest BCUT2D eigenvalue weighted by molar-refractivity contribution is 5.91. The number of hydrogen-bond acceptors (Lipinski definition) is 9. The van der Waals surface area contributed by atoms with Gasteiger partial charge in [-0.3, -0.25) is 9.59 Å². The molecule has 2 aliphatic carbocycles. The molecule has 26 heavy (non-hydrogen) atoms. The van der Waals surface area contributed by atoms with Gasteiger partial charge in [0.25, 0.3) is 6.47 Å². The molecular weight excluding hydrogens is 348 g/mol. The molecule has 0 aromatic carbocycles. The number of carbonyl (C=O) groups excluding carboxylic acids is 4. The van der Waals surface area contributed by atoms with Crippen molar-refractivity contribution in [2.24, 2.45) is 22.7 Å². The van der Waals surface area contributed by atoms with E-state index in [1.165, 1.54) is 0 Å². The lowest BCUT2D eigenvalue weighted by Gasteiger charge is -2.40. The Kier molecular flexibility index (Phi) is 2.33. The highest BCUT2D eigenvalue weighted by atomic mass is 16.8. The lowest BCUT2D eigenvalue weighted by molar-refractivity contribution is -0.204. The molecular formula is C17H16O9. The van der Waals surface area contributed by atoms with Gasteiger partial charge < -0.3 is 23.7 Å². The van der Waals surface area contributed by atoms with Crippen LogP contribution in [-0.4, -0.2) is 54.6 Å². The summed E-state index contributed by atoms with van der Waals surface area (Å²) in [6.07, 6.45) is -1.82. The smallest absolute Gasteiger partial charge is 0.350 e. The second-order valence-corrected chi connectivity index (χ2v) is 8.17. The molecule has 0 amide bonds. The quantitative estimate of drug-likeness (QED) is 0.362. The van der Waals surface area contributed by atoms with E-state index in [2.05, 4.69) is 0 Å². The first-order valence-electron chi connectivity index (χ1n) is 8.83. The van der Waals surface area contributed by atoms with Crippen LogP contribution in [0.25, 0.3) is 0 Å². The van der Waals surface area contributed by atoms with Crippen LogP contribution in [0.15, 0.2) is 0 Å². The zero-order chi connectivity index (χ0) is 18.1. The average molecular weight is 364 g/mol. The molecule has 6 fully saturated rings. The molecule has 4 aliphatic heterocycles. The van der Waals surface area contributed by atoms with Crippen molar-refractivity contribution in [3.05, 3.63) is 0 Å². The summed E-state index contributed by atoms with van der Waals surface area (Å²) in [4.78, 5) is 48.6. The summed E-state index contributed by atoms with van der Waals surface area (Å²) in [5.74, 6) is -2.63. The predicted octanol–water partition coefficient (Wildman–Crippen LogP) is -0.547. The molecule has 0 radical (unpaired) electrons. The molecule has 9 nitrogen and oxygen atoms in total. The van der Waals surface area contributed by atoms with Gasteiger partial charge in [-0.25, -0.2) is 9.59 Å². The predicted molar refractivity (Wildman–Crippen MR) is 75.8 cm³/mol. The maximum atomic E-state index is 13.0. The molecule has 8 unspecified atom stereocenters. The van der Waals surface area contributed by atoms with Gasteiger partial charge in [0.2, 0.25) is 12.4 Å². The zero-order valence-electron chi connectivity index (χ0n) is 13.8. The van der Waals surface area contributed by atoms with Crippen molar-refractivity contribution in [2.75, 3.05) is 0 Å². The van der Waals surface area contributed by atoms with Crippen LogP contribution >= 0.6 is 0 Å². The van der Waals surface area contributed by atoms with E-state index < -0.39 is 64.8 Å². The second-order valence-electron chi connectivity index (χ2n) is 8.17. The van der Waals surface area contributed by atoms with Crippen molar-refractivity contribution in [3.63, 3.8) is 0 Å². The summed E-state index contributed by atoms with van der Waals surface area (Å²) in [5.41, 5.74) is -3.33. The molecule has 0 aromatic heterocycles. The maximum Gasteiger partial charge on any atom is 0.350 e. The largest absolute Gasteiger partial charge is 0.462 e. The minimum Gasteiger partial charge on any atom is -0.462 e. The zero-order valence-corrected chi connectivity index (χ0v) is 13.8. The molecule has 4 heterocycles. The standard InChI is InChI=1S/C17H16O9/c1-6-9-7(23-11(6)19)4-16-8-2-3-15(16)10(22-5-18)12(20)25-14(15)26-17(9,16)13(21)24-8/h5-10,14H,2-4H2,1H3/t6?,7?,8?,9?,10?,14-,15?,16?,17?/m0/s1. The number of esters is 3. The van der Waals surface area contributed by atoms with Crippen molar-refractivity contribution in [2.45, 2.75) is 56.4 Å². The first kappa shape index (κ1) is 15.0. The highest BCUT2D eigenvalue weighted by Gasteiger charge is 2.96. The Balaban J connectivity index is 1.61. The fourth-order valence-electron chi connectivity index (χ4n) is 7.15. The molecule has 0 aromatic rings. The van der Waals surface area contributed by atoms with Crippen LogP contribution in [0.2, 0.25) is 0 Å². The van der Waals surface area contributed by atoms with E-state index in [-0.39, 0.29) is 12.4 Å². The number of fused-ring (bicyclic) bond motifs is 1. The third kappa shape index (κ3) is 1.10. The number of carbonyl (C=O) groups is 4. The molecule has 2 saturated carbocycles. The van der Waals surface area contributed by atoms with Gasteiger partial charge in [-0.15, -0.1) is 0 Å².